The molecule has 0 atom stereocenters. The van der Waals surface area contributed by atoms with E-state index in [1.165, 1.54) is 12.1 Å². The van der Waals surface area contributed by atoms with Gasteiger partial charge in [-0.1, -0.05) is 29.3 Å². The predicted molar refractivity (Wildman–Crippen MR) is 75.4 cm³/mol. The maximum atomic E-state index is 10.7. The van der Waals surface area contributed by atoms with Crippen LogP contribution in [0.15, 0.2) is 30.3 Å². The van der Waals surface area contributed by atoms with Crippen LogP contribution in [0.4, 0.5) is 17.2 Å². The largest absolute Gasteiger partial charge is 0.339 e. The summed E-state index contributed by atoms with van der Waals surface area (Å²) in [6.45, 7) is 1.91. The third-order valence-corrected chi connectivity index (χ3v) is 2.88. The summed E-state index contributed by atoms with van der Waals surface area (Å²) in [6.07, 6.45) is 0. The Labute approximate surface area is 119 Å². The van der Waals surface area contributed by atoms with Gasteiger partial charge < -0.3 is 5.32 Å². The normalized spacial score (nSPS) is 10.3. The van der Waals surface area contributed by atoms with Crippen LogP contribution in [0.2, 0.25) is 10.2 Å². The van der Waals surface area contributed by atoms with E-state index in [-0.39, 0.29) is 16.7 Å². The summed E-state index contributed by atoms with van der Waals surface area (Å²) in [6, 6.07) is 7.90. The minimum Gasteiger partial charge on any atom is -0.339 e. The molecule has 98 valence electrons. The van der Waals surface area contributed by atoms with Crippen LogP contribution in [0.25, 0.3) is 0 Å². The zero-order valence-electron chi connectivity index (χ0n) is 9.85. The lowest BCUT2D eigenvalue weighted by molar-refractivity contribution is -0.384. The number of halogens is 2. The van der Waals surface area contributed by atoms with Crippen LogP contribution < -0.4 is 5.32 Å². The van der Waals surface area contributed by atoms with Gasteiger partial charge >= 0.3 is 0 Å². The van der Waals surface area contributed by atoms with Crippen molar-refractivity contribution in [2.75, 3.05) is 5.32 Å². The van der Waals surface area contributed by atoms with Crippen molar-refractivity contribution in [1.29, 1.82) is 0 Å². The maximum Gasteiger partial charge on any atom is 0.276 e. The molecule has 0 amide bonds. The molecule has 1 heterocycles. The van der Waals surface area contributed by atoms with Crippen LogP contribution in [0.3, 0.4) is 0 Å². The van der Waals surface area contributed by atoms with Gasteiger partial charge in [-0.05, 0) is 24.6 Å². The molecule has 2 rings (SSSR count). The Bertz CT molecular complexity index is 647. The molecule has 0 aliphatic rings. The fourth-order valence-corrected chi connectivity index (χ4v) is 2.00. The Morgan fingerprint density at radius 2 is 2.00 bits per heavy atom. The number of aromatic nitrogens is 1. The monoisotopic (exact) mass is 297 g/mol. The van der Waals surface area contributed by atoms with E-state index in [9.17, 15) is 10.1 Å². The standard InChI is InChI=1S/C12H9Cl2N3O2/c1-7-2-3-10(9(13)4-7)15-12-6-8(17(18)19)5-11(14)16-12/h2-6H,1H3,(H,15,16). The number of benzene rings is 1. The minimum atomic E-state index is -0.532. The summed E-state index contributed by atoms with van der Waals surface area (Å²) >= 11 is 11.8. The summed E-state index contributed by atoms with van der Waals surface area (Å²) in [5.41, 5.74) is 1.49. The van der Waals surface area contributed by atoms with Gasteiger partial charge in [0.25, 0.3) is 5.69 Å². The van der Waals surface area contributed by atoms with Crippen LogP contribution in [-0.2, 0) is 0 Å². The molecule has 0 saturated carbocycles. The highest BCUT2D eigenvalue weighted by Crippen LogP contribution is 2.28. The summed E-state index contributed by atoms with van der Waals surface area (Å²) < 4.78 is 0. The molecular weight excluding hydrogens is 289 g/mol. The first kappa shape index (κ1) is 13.6. The van der Waals surface area contributed by atoms with E-state index in [4.69, 9.17) is 23.2 Å². The quantitative estimate of drug-likeness (QED) is 0.519. The van der Waals surface area contributed by atoms with E-state index in [0.29, 0.717) is 10.7 Å². The molecule has 0 aliphatic carbocycles. The van der Waals surface area contributed by atoms with E-state index in [2.05, 4.69) is 10.3 Å². The van der Waals surface area contributed by atoms with E-state index in [1.807, 2.05) is 13.0 Å². The van der Waals surface area contributed by atoms with Crippen LogP contribution in [0, 0.1) is 17.0 Å². The van der Waals surface area contributed by atoms with Gasteiger partial charge in [0.2, 0.25) is 0 Å². The molecule has 7 heteroatoms. The first-order chi connectivity index (χ1) is 8.95. The van der Waals surface area contributed by atoms with Crippen molar-refractivity contribution < 1.29 is 4.92 Å². The fourth-order valence-electron chi connectivity index (χ4n) is 1.51. The van der Waals surface area contributed by atoms with Crippen molar-refractivity contribution >= 4 is 40.4 Å². The van der Waals surface area contributed by atoms with Gasteiger partial charge in [0.15, 0.2) is 0 Å². The van der Waals surface area contributed by atoms with E-state index >= 15 is 0 Å². The summed E-state index contributed by atoms with van der Waals surface area (Å²) in [5, 5.41) is 14.2. The first-order valence-electron chi connectivity index (χ1n) is 5.31. The number of rotatable bonds is 3. The van der Waals surface area contributed by atoms with Crippen molar-refractivity contribution in [3.05, 3.63) is 56.2 Å². The molecule has 0 bridgehead atoms. The Hall–Kier alpha value is -1.85. The molecule has 19 heavy (non-hydrogen) atoms. The Balaban J connectivity index is 2.35. The van der Waals surface area contributed by atoms with Crippen LogP contribution in [0.5, 0.6) is 0 Å². The number of nitrogens with one attached hydrogen (secondary N) is 1. The summed E-state index contributed by atoms with van der Waals surface area (Å²) in [4.78, 5) is 14.2. The molecule has 0 aliphatic heterocycles. The second-order valence-corrected chi connectivity index (χ2v) is 4.69. The Morgan fingerprint density at radius 3 is 2.63 bits per heavy atom. The van der Waals surface area contributed by atoms with Gasteiger partial charge in [-0.25, -0.2) is 4.98 Å². The van der Waals surface area contributed by atoms with Crippen LogP contribution >= 0.6 is 23.2 Å². The SMILES string of the molecule is Cc1ccc(Nc2cc([N+](=O)[O-])cc(Cl)n2)c(Cl)c1. The third kappa shape index (κ3) is 3.33. The topological polar surface area (TPSA) is 68.1 Å². The van der Waals surface area contributed by atoms with Gasteiger partial charge in [-0.2, -0.15) is 0 Å². The molecule has 0 spiro atoms. The first-order valence-corrected chi connectivity index (χ1v) is 6.06. The highest BCUT2D eigenvalue weighted by molar-refractivity contribution is 6.33. The number of nitro groups is 1. The zero-order chi connectivity index (χ0) is 14.0. The maximum absolute atomic E-state index is 10.7. The predicted octanol–water partition coefficient (Wildman–Crippen LogP) is 4.35. The zero-order valence-corrected chi connectivity index (χ0v) is 11.4. The molecule has 0 saturated heterocycles. The van der Waals surface area contributed by atoms with Crippen molar-refractivity contribution in [3.63, 3.8) is 0 Å². The highest BCUT2D eigenvalue weighted by atomic mass is 35.5. The molecule has 0 radical (unpaired) electrons. The lowest BCUT2D eigenvalue weighted by Crippen LogP contribution is -1.97. The average Bonchev–Trinajstić information content (AvgIpc) is 2.32. The fraction of sp³-hybridized carbons (Fsp3) is 0.0833. The molecule has 0 unspecified atom stereocenters. The molecule has 2 aromatic rings. The van der Waals surface area contributed by atoms with E-state index in [1.54, 1.807) is 12.1 Å². The highest BCUT2D eigenvalue weighted by Gasteiger charge is 2.11. The second-order valence-electron chi connectivity index (χ2n) is 3.90. The smallest absolute Gasteiger partial charge is 0.276 e. The Morgan fingerprint density at radius 1 is 1.26 bits per heavy atom. The van der Waals surface area contributed by atoms with Gasteiger partial charge in [-0.3, -0.25) is 10.1 Å². The average molecular weight is 298 g/mol. The van der Waals surface area contributed by atoms with Crippen molar-refractivity contribution in [1.82, 2.24) is 4.98 Å². The van der Waals surface area contributed by atoms with Gasteiger partial charge in [0.05, 0.1) is 27.8 Å². The number of nitrogens with zero attached hydrogens (tertiary/aromatic N) is 2. The van der Waals surface area contributed by atoms with Gasteiger partial charge in [-0.15, -0.1) is 0 Å². The van der Waals surface area contributed by atoms with Crippen molar-refractivity contribution in [2.24, 2.45) is 0 Å². The lowest BCUT2D eigenvalue weighted by atomic mass is 10.2. The molecule has 1 aromatic carbocycles. The number of hydrogen-bond donors (Lipinski definition) is 1. The second kappa shape index (κ2) is 5.42. The molecule has 0 fully saturated rings. The van der Waals surface area contributed by atoms with Crippen molar-refractivity contribution in [3.8, 4) is 0 Å². The lowest BCUT2D eigenvalue weighted by Gasteiger charge is -2.08. The summed E-state index contributed by atoms with van der Waals surface area (Å²) in [7, 11) is 0. The molecule has 1 aromatic heterocycles. The third-order valence-electron chi connectivity index (χ3n) is 2.38. The van der Waals surface area contributed by atoms with Crippen LogP contribution in [0.1, 0.15) is 5.56 Å². The van der Waals surface area contributed by atoms with Crippen molar-refractivity contribution in [2.45, 2.75) is 6.92 Å². The molecular formula is C12H9Cl2N3O2. The number of pyridine rings is 1. The van der Waals surface area contributed by atoms with Gasteiger partial charge in [0, 0.05) is 0 Å². The minimum absolute atomic E-state index is 0.0416. The number of aryl methyl sites for hydroxylation is 1. The number of hydrogen-bond acceptors (Lipinski definition) is 4. The summed E-state index contributed by atoms with van der Waals surface area (Å²) in [5.74, 6) is 0.268. The Kier molecular flexibility index (Phi) is 3.87. The van der Waals surface area contributed by atoms with E-state index < -0.39 is 4.92 Å². The molecule has 1 N–H and O–H groups in total. The van der Waals surface area contributed by atoms with E-state index in [0.717, 1.165) is 5.56 Å². The molecule has 5 nitrogen and oxygen atoms in total. The van der Waals surface area contributed by atoms with Crippen LogP contribution in [-0.4, -0.2) is 9.91 Å². The number of anilines is 2. The van der Waals surface area contributed by atoms with Gasteiger partial charge in [0.1, 0.15) is 11.0 Å².